The van der Waals surface area contributed by atoms with Gasteiger partial charge in [-0.2, -0.15) is 18.4 Å². The maximum atomic E-state index is 13.5. The van der Waals surface area contributed by atoms with Crippen LogP contribution in [0.3, 0.4) is 0 Å². The molecule has 2 fully saturated rings. The summed E-state index contributed by atoms with van der Waals surface area (Å²) >= 11 is 3.63. The van der Waals surface area contributed by atoms with Gasteiger partial charge in [0.05, 0.1) is 17.2 Å². The van der Waals surface area contributed by atoms with Crippen LogP contribution in [0.15, 0.2) is 42.5 Å². The summed E-state index contributed by atoms with van der Waals surface area (Å²) in [5, 5.41) is 12.2. The summed E-state index contributed by atoms with van der Waals surface area (Å²) in [5.74, 6) is -0.140. The van der Waals surface area contributed by atoms with E-state index in [-0.39, 0.29) is 17.7 Å². The standard InChI is InChI=1S/C35H46BrF3N4O2/c1-23-21-42(36)22-24(2)43(23)18-10-8-7-9-11-25-12-14-26(15-13-25)30(44)41-31-33(3,4)32(34(31,5)6)45-28-17-16-27(20-40)29(19-28)35(37,38)39/h12-17,19,23-24,31-32H,7-11,18,21-22H2,1-6H3,(H,41,44)/t23-,24+,31-,32-. The number of aryl methyl sites for hydroxylation is 1. The molecule has 1 N–H and O–H groups in total. The van der Waals surface area contributed by atoms with E-state index >= 15 is 0 Å². The van der Waals surface area contributed by atoms with Crippen LogP contribution < -0.4 is 10.1 Å². The molecule has 45 heavy (non-hydrogen) atoms. The van der Waals surface area contributed by atoms with E-state index in [9.17, 15) is 18.0 Å². The summed E-state index contributed by atoms with van der Waals surface area (Å²) < 4.78 is 48.8. The number of piperazine rings is 1. The first-order chi connectivity index (χ1) is 21.0. The molecule has 0 unspecified atom stereocenters. The highest BCUT2D eigenvalue weighted by molar-refractivity contribution is 9.07. The topological polar surface area (TPSA) is 68.6 Å². The quantitative estimate of drug-likeness (QED) is 0.191. The molecule has 2 aromatic rings. The molecule has 1 saturated heterocycles. The maximum Gasteiger partial charge on any atom is 0.417 e. The summed E-state index contributed by atoms with van der Waals surface area (Å²) in [6, 6.07) is 13.6. The Morgan fingerprint density at radius 3 is 2.18 bits per heavy atom. The highest BCUT2D eigenvalue weighted by atomic mass is 79.9. The monoisotopic (exact) mass is 690 g/mol. The number of rotatable bonds is 11. The second kappa shape index (κ2) is 14.0. The number of ether oxygens (including phenoxy) is 1. The SMILES string of the molecule is C[C@@H]1CN(Br)C[C@H](C)N1CCCCCCc1ccc(C(=O)N[C@H]2C(C)(C)[C@H](Oc3ccc(C#N)c(C(F)(F)F)c3)C2(C)C)cc1. The average Bonchev–Trinajstić information content (AvgIpc) is 2.96. The van der Waals surface area contributed by atoms with Crippen molar-refractivity contribution in [3.05, 3.63) is 64.7 Å². The van der Waals surface area contributed by atoms with Gasteiger partial charge in [-0.25, -0.2) is 3.93 Å². The number of amides is 1. The fraction of sp³-hybridized carbons (Fsp3) is 0.600. The zero-order valence-corrected chi connectivity index (χ0v) is 28.8. The number of halogens is 4. The molecule has 2 aliphatic rings. The van der Waals surface area contributed by atoms with Gasteiger partial charge in [-0.1, -0.05) is 52.7 Å². The number of hydrogen-bond acceptors (Lipinski definition) is 5. The Balaban J connectivity index is 1.25. The second-order valence-electron chi connectivity index (χ2n) is 14.0. The van der Waals surface area contributed by atoms with Gasteiger partial charge in [0.15, 0.2) is 0 Å². The lowest BCUT2D eigenvalue weighted by atomic mass is 9.49. The second-order valence-corrected chi connectivity index (χ2v) is 15.0. The van der Waals surface area contributed by atoms with E-state index in [0.717, 1.165) is 44.6 Å². The van der Waals surface area contributed by atoms with Gasteiger partial charge in [0.1, 0.15) is 11.9 Å². The number of benzene rings is 2. The highest BCUT2D eigenvalue weighted by Crippen LogP contribution is 2.55. The summed E-state index contributed by atoms with van der Waals surface area (Å²) in [7, 11) is 0. The third-order valence-electron chi connectivity index (χ3n) is 9.69. The summed E-state index contributed by atoms with van der Waals surface area (Å²) in [5.41, 5.74) is -0.787. The summed E-state index contributed by atoms with van der Waals surface area (Å²) in [6.07, 6.45) is 0.559. The Kier molecular flexibility index (Phi) is 11.0. The minimum absolute atomic E-state index is 0.0467. The van der Waals surface area contributed by atoms with Crippen molar-refractivity contribution in [2.45, 2.75) is 104 Å². The number of unbranched alkanes of at least 4 members (excludes halogenated alkanes) is 3. The normalized spacial score (nSPS) is 24.8. The molecule has 0 bridgehead atoms. The number of carbonyl (C=O) groups is 1. The smallest absolute Gasteiger partial charge is 0.417 e. The summed E-state index contributed by atoms with van der Waals surface area (Å²) in [4.78, 5) is 15.8. The van der Waals surface area contributed by atoms with Crippen molar-refractivity contribution in [1.29, 1.82) is 5.26 Å². The number of nitrogens with zero attached hydrogens (tertiary/aromatic N) is 3. The van der Waals surface area contributed by atoms with E-state index in [1.807, 2.05) is 52.0 Å². The molecule has 1 aliphatic heterocycles. The van der Waals surface area contributed by atoms with E-state index in [2.05, 4.69) is 44.1 Å². The van der Waals surface area contributed by atoms with Gasteiger partial charge in [-0.15, -0.1) is 0 Å². The van der Waals surface area contributed by atoms with Crippen LogP contribution in [-0.4, -0.2) is 58.6 Å². The molecule has 0 radical (unpaired) electrons. The van der Waals surface area contributed by atoms with Gasteiger partial charge in [0.25, 0.3) is 5.91 Å². The van der Waals surface area contributed by atoms with Crippen molar-refractivity contribution >= 4 is 22.1 Å². The van der Waals surface area contributed by atoms with E-state index in [1.165, 1.54) is 30.9 Å². The van der Waals surface area contributed by atoms with Crippen LogP contribution in [0.25, 0.3) is 0 Å². The minimum Gasteiger partial charge on any atom is -0.489 e. The van der Waals surface area contributed by atoms with Crippen LogP contribution in [0, 0.1) is 22.2 Å². The molecule has 2 atom stereocenters. The fourth-order valence-electron chi connectivity index (χ4n) is 7.61. The molecule has 0 aromatic heterocycles. The van der Waals surface area contributed by atoms with Gasteiger partial charge in [0, 0.05) is 63.8 Å². The molecule has 10 heteroatoms. The number of nitrogens with one attached hydrogen (secondary N) is 1. The molecule has 246 valence electrons. The minimum atomic E-state index is -4.66. The number of hydrogen-bond donors (Lipinski definition) is 1. The maximum absolute atomic E-state index is 13.5. The molecule has 0 spiro atoms. The Bertz CT molecular complexity index is 1340. The van der Waals surface area contributed by atoms with Crippen molar-refractivity contribution < 1.29 is 22.7 Å². The molecule has 1 aliphatic carbocycles. The van der Waals surface area contributed by atoms with Crippen molar-refractivity contribution in [2.24, 2.45) is 10.8 Å². The molecular formula is C35H46BrF3N4O2. The number of carbonyl (C=O) groups excluding carboxylic acids is 1. The van der Waals surface area contributed by atoms with Gasteiger partial charge in [-0.3, -0.25) is 9.69 Å². The van der Waals surface area contributed by atoms with E-state index < -0.39 is 34.2 Å². The van der Waals surface area contributed by atoms with Crippen LogP contribution in [-0.2, 0) is 12.6 Å². The van der Waals surface area contributed by atoms with Crippen LogP contribution >= 0.6 is 16.1 Å². The Morgan fingerprint density at radius 2 is 1.60 bits per heavy atom. The predicted octanol–water partition coefficient (Wildman–Crippen LogP) is 8.00. The molecule has 1 saturated carbocycles. The average molecular weight is 692 g/mol. The Labute approximate surface area is 274 Å². The van der Waals surface area contributed by atoms with E-state index in [0.29, 0.717) is 17.6 Å². The zero-order chi connectivity index (χ0) is 33.2. The fourth-order valence-corrected chi connectivity index (χ4v) is 8.45. The molecular weight excluding hydrogens is 645 g/mol. The first kappa shape index (κ1) is 35.2. The Morgan fingerprint density at radius 1 is 1.00 bits per heavy atom. The molecule has 4 rings (SSSR count). The van der Waals surface area contributed by atoms with Crippen LogP contribution in [0.1, 0.15) is 94.3 Å². The summed E-state index contributed by atoms with van der Waals surface area (Å²) in [6.45, 7) is 15.6. The van der Waals surface area contributed by atoms with Crippen molar-refractivity contribution in [3.8, 4) is 11.8 Å². The third-order valence-corrected chi connectivity index (χ3v) is 10.3. The van der Waals surface area contributed by atoms with Crippen LogP contribution in [0.4, 0.5) is 13.2 Å². The van der Waals surface area contributed by atoms with Crippen LogP contribution in [0.2, 0.25) is 0 Å². The number of alkyl halides is 3. The third kappa shape index (κ3) is 8.04. The van der Waals surface area contributed by atoms with Crippen molar-refractivity contribution in [3.63, 3.8) is 0 Å². The van der Waals surface area contributed by atoms with E-state index in [4.69, 9.17) is 10.00 Å². The first-order valence-corrected chi connectivity index (χ1v) is 16.6. The van der Waals surface area contributed by atoms with Gasteiger partial charge in [-0.05, 0) is 75.5 Å². The van der Waals surface area contributed by atoms with Gasteiger partial charge in [0.2, 0.25) is 0 Å². The zero-order valence-electron chi connectivity index (χ0n) is 27.2. The molecule has 6 nitrogen and oxygen atoms in total. The first-order valence-electron chi connectivity index (χ1n) is 15.9. The van der Waals surface area contributed by atoms with E-state index in [1.54, 1.807) is 6.07 Å². The van der Waals surface area contributed by atoms with Crippen LogP contribution in [0.5, 0.6) is 5.75 Å². The lowest BCUT2D eigenvalue weighted by Crippen LogP contribution is -2.74. The lowest BCUT2D eigenvalue weighted by molar-refractivity contribution is -0.164. The Hall–Kier alpha value is -2.61. The molecule has 2 aromatic carbocycles. The van der Waals surface area contributed by atoms with Crippen molar-refractivity contribution in [1.82, 2.24) is 14.1 Å². The lowest BCUT2D eigenvalue weighted by Gasteiger charge is -2.63. The van der Waals surface area contributed by atoms with Crippen molar-refractivity contribution in [2.75, 3.05) is 19.6 Å². The predicted molar refractivity (Wildman–Crippen MR) is 174 cm³/mol. The molecule has 1 heterocycles. The number of nitriles is 1. The largest absolute Gasteiger partial charge is 0.489 e. The van der Waals surface area contributed by atoms with Gasteiger partial charge >= 0.3 is 6.18 Å². The highest BCUT2D eigenvalue weighted by Gasteiger charge is 2.64. The molecule has 1 amide bonds. The van der Waals surface area contributed by atoms with Gasteiger partial charge < -0.3 is 10.1 Å².